The number of amides is 1. The topological polar surface area (TPSA) is 83.9 Å². The van der Waals surface area contributed by atoms with Gasteiger partial charge in [0, 0.05) is 21.1 Å². The van der Waals surface area contributed by atoms with Gasteiger partial charge in [0.2, 0.25) is 5.91 Å². The summed E-state index contributed by atoms with van der Waals surface area (Å²) in [5, 5.41) is 4.54. The van der Waals surface area contributed by atoms with E-state index in [4.69, 9.17) is 0 Å². The molecule has 0 atom stereocenters. The van der Waals surface area contributed by atoms with Gasteiger partial charge < -0.3 is 4.90 Å². The third-order valence-electron chi connectivity index (χ3n) is 2.78. The first-order valence-corrected chi connectivity index (χ1v) is 6.65. The van der Waals surface area contributed by atoms with Gasteiger partial charge in [-0.05, 0) is 6.92 Å². The number of nitrogens with one attached hydrogen (secondary N) is 1. The monoisotopic (exact) mass is 281 g/mol. The van der Waals surface area contributed by atoms with Crippen LogP contribution < -0.4 is 5.56 Å². The van der Waals surface area contributed by atoms with Crippen molar-refractivity contribution in [1.29, 1.82) is 0 Å². The van der Waals surface area contributed by atoms with E-state index in [1.165, 1.54) is 16.7 Å². The Bertz CT molecular complexity index is 688. The van der Waals surface area contributed by atoms with Crippen LogP contribution in [-0.2, 0) is 11.8 Å². The van der Waals surface area contributed by atoms with E-state index in [0.717, 1.165) is 5.69 Å². The van der Waals surface area contributed by atoms with Gasteiger partial charge in [-0.25, -0.2) is 4.98 Å². The quantitative estimate of drug-likeness (QED) is 0.639. The van der Waals surface area contributed by atoms with Gasteiger partial charge in [0.15, 0.2) is 10.7 Å². The first-order chi connectivity index (χ1) is 8.90. The van der Waals surface area contributed by atoms with Gasteiger partial charge in [0.25, 0.3) is 5.56 Å². The molecule has 7 nitrogen and oxygen atoms in total. The molecular formula is C11H15N5O2S. The van der Waals surface area contributed by atoms with Gasteiger partial charge in [0.05, 0.1) is 11.4 Å². The fourth-order valence-corrected chi connectivity index (χ4v) is 2.34. The second-order valence-corrected chi connectivity index (χ2v) is 5.32. The van der Waals surface area contributed by atoms with Crippen LogP contribution in [-0.4, -0.2) is 50.4 Å². The zero-order chi connectivity index (χ0) is 14.2. The summed E-state index contributed by atoms with van der Waals surface area (Å²) in [5.41, 5.74) is 1.43. The fraction of sp³-hybridized carbons (Fsp3) is 0.455. The molecule has 1 amide bonds. The third-order valence-corrected chi connectivity index (χ3v) is 3.64. The van der Waals surface area contributed by atoms with E-state index in [1.807, 2.05) is 6.92 Å². The molecular weight excluding hydrogens is 266 g/mol. The molecule has 0 radical (unpaired) electrons. The van der Waals surface area contributed by atoms with Gasteiger partial charge in [0.1, 0.15) is 5.52 Å². The number of nitrogens with zero attached hydrogens (tertiary/aromatic N) is 4. The van der Waals surface area contributed by atoms with Crippen molar-refractivity contribution in [2.75, 3.05) is 19.8 Å². The van der Waals surface area contributed by atoms with Crippen LogP contribution in [0.25, 0.3) is 11.0 Å². The second kappa shape index (κ2) is 5.04. The van der Waals surface area contributed by atoms with Crippen LogP contribution >= 0.6 is 11.8 Å². The normalized spacial score (nSPS) is 10.9. The maximum atomic E-state index is 11.9. The molecule has 0 spiro atoms. The highest BCUT2D eigenvalue weighted by Gasteiger charge is 2.13. The lowest BCUT2D eigenvalue weighted by atomic mass is 10.4. The van der Waals surface area contributed by atoms with Crippen molar-refractivity contribution in [2.24, 2.45) is 7.05 Å². The van der Waals surface area contributed by atoms with E-state index in [9.17, 15) is 9.59 Å². The van der Waals surface area contributed by atoms with Crippen molar-refractivity contribution in [2.45, 2.75) is 12.1 Å². The number of carbonyl (C=O) groups is 1. The Morgan fingerprint density at radius 3 is 2.74 bits per heavy atom. The SMILES string of the molecule is Cc1c2nc(SCC(=O)N(C)C)[nH]c(=O)c2nn1C. The lowest BCUT2D eigenvalue weighted by Gasteiger charge is -2.08. The summed E-state index contributed by atoms with van der Waals surface area (Å²) in [6.45, 7) is 1.85. The Balaban J connectivity index is 2.33. The molecule has 102 valence electrons. The van der Waals surface area contributed by atoms with E-state index in [-0.39, 0.29) is 17.2 Å². The first-order valence-electron chi connectivity index (χ1n) is 5.66. The van der Waals surface area contributed by atoms with Gasteiger partial charge in [-0.2, -0.15) is 5.10 Å². The number of hydrogen-bond donors (Lipinski definition) is 1. The smallest absolute Gasteiger partial charge is 0.279 e. The van der Waals surface area contributed by atoms with Gasteiger partial charge in [-0.3, -0.25) is 19.3 Å². The molecule has 0 bridgehead atoms. The van der Waals surface area contributed by atoms with E-state index in [2.05, 4.69) is 15.1 Å². The van der Waals surface area contributed by atoms with Crippen LogP contribution in [0.15, 0.2) is 9.95 Å². The molecule has 0 saturated heterocycles. The van der Waals surface area contributed by atoms with Crippen molar-refractivity contribution < 1.29 is 4.79 Å². The van der Waals surface area contributed by atoms with Crippen LogP contribution in [0.1, 0.15) is 5.69 Å². The Hall–Kier alpha value is -1.83. The molecule has 0 unspecified atom stereocenters. The van der Waals surface area contributed by atoms with Crippen LogP contribution in [0.5, 0.6) is 0 Å². The van der Waals surface area contributed by atoms with Crippen LogP contribution in [0.4, 0.5) is 0 Å². The summed E-state index contributed by atoms with van der Waals surface area (Å²) in [5.74, 6) is 0.205. The summed E-state index contributed by atoms with van der Waals surface area (Å²) in [7, 11) is 5.14. The molecule has 0 aliphatic carbocycles. The van der Waals surface area contributed by atoms with Crippen molar-refractivity contribution in [3.05, 3.63) is 16.0 Å². The molecule has 1 N–H and O–H groups in total. The van der Waals surface area contributed by atoms with Gasteiger partial charge >= 0.3 is 0 Å². The standard InChI is InChI=1S/C11H15N5O2S/c1-6-8-9(14-16(6)4)10(18)13-11(12-8)19-5-7(17)15(2)3/h5H2,1-4H3,(H,12,13,18). The molecule has 2 aromatic rings. The van der Waals surface area contributed by atoms with Crippen molar-refractivity contribution >= 4 is 28.7 Å². The highest BCUT2D eigenvalue weighted by molar-refractivity contribution is 7.99. The average molecular weight is 281 g/mol. The molecule has 0 saturated carbocycles. The Morgan fingerprint density at radius 1 is 1.42 bits per heavy atom. The molecule has 2 rings (SSSR count). The van der Waals surface area contributed by atoms with E-state index in [0.29, 0.717) is 16.2 Å². The maximum absolute atomic E-state index is 11.9. The minimum atomic E-state index is -0.284. The average Bonchev–Trinajstić information content (AvgIpc) is 2.64. The Morgan fingerprint density at radius 2 is 2.11 bits per heavy atom. The predicted octanol–water partition coefficient (Wildman–Crippen LogP) is 0.145. The van der Waals surface area contributed by atoms with E-state index >= 15 is 0 Å². The molecule has 19 heavy (non-hydrogen) atoms. The van der Waals surface area contributed by atoms with E-state index in [1.54, 1.807) is 25.8 Å². The molecule has 0 fully saturated rings. The van der Waals surface area contributed by atoms with Crippen LogP contribution in [0.2, 0.25) is 0 Å². The maximum Gasteiger partial charge on any atom is 0.279 e. The molecule has 2 aromatic heterocycles. The number of aryl methyl sites for hydroxylation is 2. The largest absolute Gasteiger partial charge is 0.348 e. The number of aromatic amines is 1. The van der Waals surface area contributed by atoms with E-state index < -0.39 is 0 Å². The van der Waals surface area contributed by atoms with Crippen molar-refractivity contribution in [1.82, 2.24) is 24.6 Å². The number of H-pyrrole nitrogens is 1. The van der Waals surface area contributed by atoms with Gasteiger partial charge in [-0.1, -0.05) is 11.8 Å². The fourth-order valence-electron chi connectivity index (χ4n) is 1.50. The molecule has 2 heterocycles. The number of hydrogen-bond acceptors (Lipinski definition) is 5. The number of rotatable bonds is 3. The number of carbonyl (C=O) groups excluding carboxylic acids is 1. The van der Waals surface area contributed by atoms with Crippen LogP contribution in [0, 0.1) is 6.92 Å². The minimum absolute atomic E-state index is 0.0318. The Kier molecular flexibility index (Phi) is 3.61. The summed E-state index contributed by atoms with van der Waals surface area (Å²) in [4.78, 5) is 31.8. The molecule has 0 aliphatic heterocycles. The number of thioether (sulfide) groups is 1. The van der Waals surface area contributed by atoms with Crippen LogP contribution in [0.3, 0.4) is 0 Å². The molecule has 0 aromatic carbocycles. The second-order valence-electron chi connectivity index (χ2n) is 4.35. The lowest BCUT2D eigenvalue weighted by molar-refractivity contribution is -0.125. The van der Waals surface area contributed by atoms with Crippen molar-refractivity contribution in [3.8, 4) is 0 Å². The van der Waals surface area contributed by atoms with Crippen molar-refractivity contribution in [3.63, 3.8) is 0 Å². The third kappa shape index (κ3) is 2.62. The summed E-state index contributed by atoms with van der Waals surface area (Å²) < 4.78 is 1.62. The lowest BCUT2D eigenvalue weighted by Crippen LogP contribution is -2.23. The molecule has 8 heteroatoms. The number of aromatic nitrogens is 4. The van der Waals surface area contributed by atoms with Gasteiger partial charge in [-0.15, -0.1) is 0 Å². The first kappa shape index (κ1) is 13.6. The summed E-state index contributed by atoms with van der Waals surface area (Å²) in [6, 6.07) is 0. The number of fused-ring (bicyclic) bond motifs is 1. The highest BCUT2D eigenvalue weighted by atomic mass is 32.2. The predicted molar refractivity (Wildman–Crippen MR) is 73.3 cm³/mol. The zero-order valence-corrected chi connectivity index (χ0v) is 12.0. The molecule has 0 aliphatic rings. The Labute approximate surface area is 114 Å². The highest BCUT2D eigenvalue weighted by Crippen LogP contribution is 2.16. The summed E-state index contributed by atoms with van der Waals surface area (Å²) >= 11 is 1.21. The zero-order valence-electron chi connectivity index (χ0n) is 11.2. The summed E-state index contributed by atoms with van der Waals surface area (Å²) in [6.07, 6.45) is 0. The minimum Gasteiger partial charge on any atom is -0.348 e.